The minimum Gasteiger partial charge on any atom is -0.350 e. The van der Waals surface area contributed by atoms with Crippen molar-refractivity contribution in [2.75, 3.05) is 0 Å². The summed E-state index contributed by atoms with van der Waals surface area (Å²) in [6, 6.07) is 0. The van der Waals surface area contributed by atoms with E-state index in [4.69, 9.17) is 11.6 Å². The second-order valence-electron chi connectivity index (χ2n) is 11.0. The molecule has 0 spiro atoms. The predicted molar refractivity (Wildman–Crippen MR) is 92.0 cm³/mol. The number of hydrogen-bond donors (Lipinski definition) is 1. The van der Waals surface area contributed by atoms with E-state index in [1.54, 1.807) is 0 Å². The largest absolute Gasteiger partial charge is 0.350 e. The lowest BCUT2D eigenvalue weighted by molar-refractivity contribution is -0.185. The summed E-state index contributed by atoms with van der Waals surface area (Å²) in [6.45, 7) is 13.4. The molecule has 2 nitrogen and oxygen atoms in total. The molecular formula is C19H32ClNO. The van der Waals surface area contributed by atoms with E-state index in [-0.39, 0.29) is 16.9 Å². The van der Waals surface area contributed by atoms with Gasteiger partial charge in [-0.25, -0.2) is 0 Å². The van der Waals surface area contributed by atoms with Gasteiger partial charge in [0.15, 0.2) is 0 Å². The van der Waals surface area contributed by atoms with Gasteiger partial charge in [-0.2, -0.15) is 0 Å². The molecular weight excluding hydrogens is 294 g/mol. The number of carbonyl (C=O) groups excluding carboxylic acids is 1. The molecule has 22 heavy (non-hydrogen) atoms. The third-order valence-electron chi connectivity index (χ3n) is 6.16. The summed E-state index contributed by atoms with van der Waals surface area (Å²) in [4.78, 5) is 12.7. The molecule has 0 heterocycles. The van der Waals surface area contributed by atoms with E-state index >= 15 is 0 Å². The second-order valence-corrected chi connectivity index (χ2v) is 11.4. The van der Waals surface area contributed by atoms with Crippen LogP contribution in [0.1, 0.15) is 80.1 Å². The quantitative estimate of drug-likeness (QED) is 0.719. The summed E-state index contributed by atoms with van der Waals surface area (Å²) < 4.78 is 0. The van der Waals surface area contributed by atoms with Gasteiger partial charge in [0.25, 0.3) is 0 Å². The number of carbonyl (C=O) groups is 1. The van der Waals surface area contributed by atoms with Gasteiger partial charge in [-0.05, 0) is 81.0 Å². The van der Waals surface area contributed by atoms with Crippen LogP contribution in [0.5, 0.6) is 0 Å². The first-order valence-corrected chi connectivity index (χ1v) is 9.18. The van der Waals surface area contributed by atoms with Gasteiger partial charge >= 0.3 is 0 Å². The molecule has 3 heteroatoms. The summed E-state index contributed by atoms with van der Waals surface area (Å²) in [5.41, 5.74) is 0.877. The van der Waals surface area contributed by atoms with Crippen LogP contribution in [0.4, 0.5) is 0 Å². The number of amides is 1. The van der Waals surface area contributed by atoms with Crippen LogP contribution in [-0.4, -0.2) is 16.8 Å². The van der Waals surface area contributed by atoms with E-state index in [0.29, 0.717) is 16.2 Å². The molecule has 126 valence electrons. The fraction of sp³-hybridized carbons (Fsp3) is 0.947. The first-order valence-electron chi connectivity index (χ1n) is 8.74. The normalized spacial score (nSPS) is 48.3. The Bertz CT molecular complexity index is 453. The lowest BCUT2D eigenvalue weighted by Crippen LogP contribution is -2.63. The van der Waals surface area contributed by atoms with Gasteiger partial charge in [-0.1, -0.05) is 20.8 Å². The van der Waals surface area contributed by atoms with E-state index in [1.807, 2.05) is 20.8 Å². The molecule has 1 unspecified atom stereocenters. The van der Waals surface area contributed by atoms with E-state index < -0.39 is 5.38 Å². The van der Waals surface area contributed by atoms with Crippen molar-refractivity contribution >= 4 is 17.5 Å². The van der Waals surface area contributed by atoms with Crippen molar-refractivity contribution in [1.82, 2.24) is 5.32 Å². The molecule has 4 aliphatic rings. The maximum atomic E-state index is 12.7. The second kappa shape index (κ2) is 4.43. The van der Waals surface area contributed by atoms with Gasteiger partial charge in [0, 0.05) is 5.54 Å². The number of halogens is 1. The zero-order valence-corrected chi connectivity index (χ0v) is 15.9. The van der Waals surface area contributed by atoms with Crippen LogP contribution < -0.4 is 5.32 Å². The van der Waals surface area contributed by atoms with Gasteiger partial charge < -0.3 is 5.32 Å². The molecule has 0 aromatic carbocycles. The average molecular weight is 326 g/mol. The highest BCUT2D eigenvalue weighted by molar-refractivity contribution is 6.31. The molecule has 4 rings (SSSR count). The minimum atomic E-state index is -0.398. The van der Waals surface area contributed by atoms with Crippen molar-refractivity contribution in [1.29, 1.82) is 0 Å². The smallest absolute Gasteiger partial charge is 0.239 e. The number of rotatable bonds is 2. The lowest BCUT2D eigenvalue weighted by atomic mass is 9.36. The summed E-state index contributed by atoms with van der Waals surface area (Å²) in [6.07, 6.45) is 7.29. The molecule has 0 saturated heterocycles. The molecule has 1 N–H and O–H groups in total. The van der Waals surface area contributed by atoms with Crippen molar-refractivity contribution in [3.63, 3.8) is 0 Å². The van der Waals surface area contributed by atoms with Crippen LogP contribution in [0, 0.1) is 21.7 Å². The molecule has 0 aromatic heterocycles. The topological polar surface area (TPSA) is 29.1 Å². The van der Waals surface area contributed by atoms with Gasteiger partial charge in [0.2, 0.25) is 5.91 Å². The van der Waals surface area contributed by atoms with Crippen LogP contribution in [0.2, 0.25) is 0 Å². The third kappa shape index (κ3) is 2.70. The van der Waals surface area contributed by atoms with Crippen molar-refractivity contribution < 1.29 is 4.79 Å². The van der Waals surface area contributed by atoms with Crippen molar-refractivity contribution in [2.45, 2.75) is 91.0 Å². The van der Waals surface area contributed by atoms with Crippen molar-refractivity contribution in [3.8, 4) is 0 Å². The van der Waals surface area contributed by atoms with Crippen LogP contribution in [-0.2, 0) is 4.79 Å². The van der Waals surface area contributed by atoms with Crippen LogP contribution in [0.25, 0.3) is 0 Å². The van der Waals surface area contributed by atoms with E-state index in [2.05, 4.69) is 26.1 Å². The number of nitrogens with one attached hydrogen (secondary N) is 1. The van der Waals surface area contributed by atoms with E-state index in [1.165, 1.54) is 19.3 Å². The van der Waals surface area contributed by atoms with Crippen LogP contribution in [0.3, 0.4) is 0 Å². The van der Waals surface area contributed by atoms with Gasteiger partial charge in [0.1, 0.15) is 5.38 Å². The van der Waals surface area contributed by atoms with Gasteiger partial charge in [0.05, 0.1) is 0 Å². The number of hydrogen-bond acceptors (Lipinski definition) is 1. The standard InChI is InChI=1S/C19H32ClNO/c1-15(2,3)21-14(22)13(20)19-10-16(4)7-17(5,11-19)9-18(6,8-16)12-19/h13H,7-12H2,1-6H3,(H,21,22). The Morgan fingerprint density at radius 2 is 1.27 bits per heavy atom. The maximum absolute atomic E-state index is 12.7. The highest BCUT2D eigenvalue weighted by Crippen LogP contribution is 2.74. The first kappa shape index (κ1) is 16.6. The number of alkyl halides is 1. The summed E-state index contributed by atoms with van der Waals surface area (Å²) >= 11 is 6.83. The summed E-state index contributed by atoms with van der Waals surface area (Å²) in [5, 5.41) is 2.71. The molecule has 1 amide bonds. The van der Waals surface area contributed by atoms with Gasteiger partial charge in [-0.3, -0.25) is 4.79 Å². The van der Waals surface area contributed by atoms with E-state index in [0.717, 1.165) is 19.3 Å². The molecule has 0 aliphatic heterocycles. The van der Waals surface area contributed by atoms with Crippen LogP contribution >= 0.6 is 11.6 Å². The molecule has 4 bridgehead atoms. The molecule has 0 aromatic rings. The Morgan fingerprint density at radius 1 is 0.909 bits per heavy atom. The lowest BCUT2D eigenvalue weighted by Gasteiger charge is -2.69. The monoisotopic (exact) mass is 325 g/mol. The van der Waals surface area contributed by atoms with Crippen molar-refractivity contribution in [2.24, 2.45) is 21.7 Å². The average Bonchev–Trinajstić information content (AvgIpc) is 2.18. The highest BCUT2D eigenvalue weighted by atomic mass is 35.5. The molecule has 4 aliphatic carbocycles. The van der Waals surface area contributed by atoms with Gasteiger partial charge in [-0.15, -0.1) is 11.6 Å². The highest BCUT2D eigenvalue weighted by Gasteiger charge is 2.66. The Morgan fingerprint density at radius 3 is 1.59 bits per heavy atom. The Hall–Kier alpha value is -0.240. The molecule has 4 saturated carbocycles. The molecule has 4 fully saturated rings. The summed E-state index contributed by atoms with van der Waals surface area (Å²) in [7, 11) is 0. The summed E-state index contributed by atoms with van der Waals surface area (Å²) in [5.74, 6) is 0.0342. The first-order chi connectivity index (χ1) is 9.78. The molecule has 1 atom stereocenters. The zero-order valence-electron chi connectivity index (χ0n) is 15.1. The fourth-order valence-corrected chi connectivity index (χ4v) is 7.66. The zero-order chi connectivity index (χ0) is 16.6. The predicted octanol–water partition coefficient (Wildman–Crippen LogP) is 4.90. The minimum absolute atomic E-state index is 0.0100. The Labute approximate surface area is 140 Å². The fourth-order valence-electron chi connectivity index (χ4n) is 7.37. The molecule has 0 radical (unpaired) electrons. The third-order valence-corrected chi connectivity index (χ3v) is 6.82. The van der Waals surface area contributed by atoms with Crippen LogP contribution in [0.15, 0.2) is 0 Å². The Kier molecular flexibility index (Phi) is 3.35. The maximum Gasteiger partial charge on any atom is 0.239 e. The van der Waals surface area contributed by atoms with E-state index in [9.17, 15) is 4.79 Å². The SMILES string of the molecule is CC12CC3(C)CC(C)(C1)CC(C(Cl)C(=O)NC(C)(C)C)(C2)C3. The Balaban J connectivity index is 1.91. The van der Waals surface area contributed by atoms with Crippen molar-refractivity contribution in [3.05, 3.63) is 0 Å².